The first-order chi connectivity index (χ1) is 7.59. The molecule has 0 unspecified atom stereocenters. The molecule has 16 heavy (non-hydrogen) atoms. The number of para-hydroxylation sites is 1. The number of anilines is 1. The van der Waals surface area contributed by atoms with Crippen LogP contribution < -0.4 is 5.32 Å². The van der Waals surface area contributed by atoms with Crippen molar-refractivity contribution in [1.29, 1.82) is 0 Å². The summed E-state index contributed by atoms with van der Waals surface area (Å²) < 4.78 is 4.66. The summed E-state index contributed by atoms with van der Waals surface area (Å²) in [5.74, 6) is -1.46. The maximum atomic E-state index is 11.3. The van der Waals surface area contributed by atoms with E-state index in [-0.39, 0.29) is 12.5 Å². The molecule has 0 aliphatic carbocycles. The smallest absolute Gasteiger partial charge is 0.329 e. The highest BCUT2D eigenvalue weighted by molar-refractivity contribution is 5.92. The Morgan fingerprint density at radius 1 is 1.31 bits per heavy atom. The second kappa shape index (κ2) is 5.87. The summed E-state index contributed by atoms with van der Waals surface area (Å²) in [6, 6.07) is 7.31. The quantitative estimate of drug-likeness (QED) is 0.781. The molecule has 86 valence electrons. The van der Waals surface area contributed by atoms with Gasteiger partial charge in [-0.25, -0.2) is 4.79 Å². The van der Waals surface area contributed by atoms with Gasteiger partial charge in [0.2, 0.25) is 5.91 Å². The molecule has 0 spiro atoms. The number of hydrogen-bond acceptors (Lipinski definition) is 3. The van der Waals surface area contributed by atoms with Gasteiger partial charge in [0.25, 0.3) is 0 Å². The van der Waals surface area contributed by atoms with Crippen molar-refractivity contribution in [3.63, 3.8) is 0 Å². The minimum Gasteiger partial charge on any atom is -0.480 e. The van der Waals surface area contributed by atoms with E-state index in [9.17, 15) is 9.59 Å². The summed E-state index contributed by atoms with van der Waals surface area (Å²) in [4.78, 5) is 21.5. The average Bonchev–Trinajstić information content (AvgIpc) is 2.21. The second-order valence-corrected chi connectivity index (χ2v) is 3.25. The van der Waals surface area contributed by atoms with Crippen LogP contribution in [0.5, 0.6) is 0 Å². The molecule has 0 fully saturated rings. The highest BCUT2D eigenvalue weighted by atomic mass is 16.5. The Kier molecular flexibility index (Phi) is 4.47. The molecule has 0 aromatic heterocycles. The number of amides is 1. The highest BCUT2D eigenvalue weighted by Crippen LogP contribution is 2.12. The molecule has 2 N–H and O–H groups in total. The third-order valence-electron chi connectivity index (χ3n) is 1.88. The summed E-state index contributed by atoms with van der Waals surface area (Å²) >= 11 is 0. The molecule has 0 radical (unpaired) electrons. The zero-order valence-corrected chi connectivity index (χ0v) is 8.90. The third-order valence-corrected chi connectivity index (χ3v) is 1.88. The van der Waals surface area contributed by atoms with Gasteiger partial charge in [-0.1, -0.05) is 18.2 Å². The van der Waals surface area contributed by atoms with Gasteiger partial charge in [-0.3, -0.25) is 4.79 Å². The Morgan fingerprint density at radius 2 is 2.00 bits per heavy atom. The fraction of sp³-hybridized carbons (Fsp3) is 0.273. The number of rotatable bonds is 5. The zero-order chi connectivity index (χ0) is 12.0. The molecule has 0 aliphatic rings. The zero-order valence-electron chi connectivity index (χ0n) is 8.90. The predicted octanol–water partition coefficient (Wildman–Crippen LogP) is 1.03. The van der Waals surface area contributed by atoms with Crippen molar-refractivity contribution in [1.82, 2.24) is 0 Å². The molecule has 1 aromatic rings. The van der Waals surface area contributed by atoms with Gasteiger partial charge >= 0.3 is 5.97 Å². The van der Waals surface area contributed by atoms with Crippen LogP contribution in [-0.2, 0) is 14.3 Å². The van der Waals surface area contributed by atoms with E-state index in [2.05, 4.69) is 10.1 Å². The summed E-state index contributed by atoms with van der Waals surface area (Å²) in [6.45, 7) is 1.13. The number of aryl methyl sites for hydroxylation is 1. The molecule has 0 saturated carbocycles. The number of ether oxygens (including phenoxy) is 1. The Labute approximate surface area is 93.0 Å². The predicted molar refractivity (Wildman–Crippen MR) is 58.3 cm³/mol. The fourth-order valence-electron chi connectivity index (χ4n) is 1.13. The first-order valence-corrected chi connectivity index (χ1v) is 4.74. The number of carbonyl (C=O) groups excluding carboxylic acids is 1. The van der Waals surface area contributed by atoms with E-state index in [1.807, 2.05) is 19.1 Å². The lowest BCUT2D eigenvalue weighted by Gasteiger charge is -2.07. The van der Waals surface area contributed by atoms with Crippen LogP contribution >= 0.6 is 0 Å². The molecule has 0 aliphatic heterocycles. The number of aliphatic carboxylic acids is 1. The number of carboxylic acid groups (broad SMARTS) is 1. The molecule has 1 rings (SSSR count). The summed E-state index contributed by atoms with van der Waals surface area (Å²) in [5, 5.41) is 10.9. The van der Waals surface area contributed by atoms with E-state index in [0.717, 1.165) is 5.56 Å². The maximum absolute atomic E-state index is 11.3. The van der Waals surface area contributed by atoms with Crippen LogP contribution in [0.2, 0.25) is 0 Å². The molecule has 1 aromatic carbocycles. The Morgan fingerprint density at radius 3 is 2.62 bits per heavy atom. The Balaban J connectivity index is 2.40. The van der Waals surface area contributed by atoms with Crippen molar-refractivity contribution >= 4 is 17.6 Å². The minimum absolute atomic E-state index is 0.263. The van der Waals surface area contributed by atoms with Crippen LogP contribution in [-0.4, -0.2) is 30.2 Å². The monoisotopic (exact) mass is 223 g/mol. The molecule has 5 heteroatoms. The number of nitrogens with one attached hydrogen (secondary N) is 1. The highest BCUT2D eigenvalue weighted by Gasteiger charge is 2.05. The van der Waals surface area contributed by atoms with Crippen molar-refractivity contribution in [2.45, 2.75) is 6.92 Å². The lowest BCUT2D eigenvalue weighted by atomic mass is 10.2. The molecule has 0 heterocycles. The number of carbonyl (C=O) groups is 2. The normalized spacial score (nSPS) is 9.81. The summed E-state index contributed by atoms with van der Waals surface area (Å²) in [5.41, 5.74) is 1.64. The first kappa shape index (κ1) is 12.2. The van der Waals surface area contributed by atoms with Gasteiger partial charge in [0, 0.05) is 5.69 Å². The van der Waals surface area contributed by atoms with Crippen LogP contribution in [0.4, 0.5) is 5.69 Å². The molecule has 5 nitrogen and oxygen atoms in total. The van der Waals surface area contributed by atoms with Crippen LogP contribution in [0.1, 0.15) is 5.56 Å². The van der Waals surface area contributed by atoms with Crippen molar-refractivity contribution in [3.05, 3.63) is 29.8 Å². The molecule has 0 bridgehead atoms. The molecule has 0 atom stereocenters. The number of benzene rings is 1. The van der Waals surface area contributed by atoms with E-state index < -0.39 is 12.6 Å². The summed E-state index contributed by atoms with van der Waals surface area (Å²) in [6.07, 6.45) is 0. The maximum Gasteiger partial charge on any atom is 0.329 e. The summed E-state index contributed by atoms with van der Waals surface area (Å²) in [7, 11) is 0. The first-order valence-electron chi connectivity index (χ1n) is 4.74. The van der Waals surface area contributed by atoms with Crippen molar-refractivity contribution in [2.24, 2.45) is 0 Å². The molecular weight excluding hydrogens is 210 g/mol. The molecule has 0 saturated heterocycles. The van der Waals surface area contributed by atoms with E-state index in [1.54, 1.807) is 12.1 Å². The van der Waals surface area contributed by atoms with Crippen LogP contribution in [0.15, 0.2) is 24.3 Å². The fourth-order valence-corrected chi connectivity index (χ4v) is 1.13. The SMILES string of the molecule is Cc1ccccc1NC(=O)COCC(=O)O. The Hall–Kier alpha value is -1.88. The van der Waals surface area contributed by atoms with Gasteiger partial charge in [0.1, 0.15) is 13.2 Å². The van der Waals surface area contributed by atoms with Crippen LogP contribution in [0.25, 0.3) is 0 Å². The minimum atomic E-state index is -1.09. The topological polar surface area (TPSA) is 75.6 Å². The average molecular weight is 223 g/mol. The lowest BCUT2D eigenvalue weighted by Crippen LogP contribution is -2.21. The van der Waals surface area contributed by atoms with Gasteiger partial charge in [0.15, 0.2) is 0 Å². The van der Waals surface area contributed by atoms with Gasteiger partial charge in [0.05, 0.1) is 0 Å². The van der Waals surface area contributed by atoms with Crippen molar-refractivity contribution in [3.8, 4) is 0 Å². The molecular formula is C11H13NO4. The number of hydrogen-bond donors (Lipinski definition) is 2. The van der Waals surface area contributed by atoms with E-state index in [1.165, 1.54) is 0 Å². The van der Waals surface area contributed by atoms with Crippen molar-refractivity contribution in [2.75, 3.05) is 18.5 Å². The van der Waals surface area contributed by atoms with E-state index >= 15 is 0 Å². The van der Waals surface area contributed by atoms with E-state index in [0.29, 0.717) is 5.69 Å². The van der Waals surface area contributed by atoms with E-state index in [4.69, 9.17) is 5.11 Å². The lowest BCUT2D eigenvalue weighted by molar-refractivity contribution is -0.143. The Bertz CT molecular complexity index is 389. The van der Waals surface area contributed by atoms with Crippen molar-refractivity contribution < 1.29 is 19.4 Å². The van der Waals surface area contributed by atoms with Crippen LogP contribution in [0.3, 0.4) is 0 Å². The van der Waals surface area contributed by atoms with Gasteiger partial charge in [-0.2, -0.15) is 0 Å². The van der Waals surface area contributed by atoms with Gasteiger partial charge in [-0.05, 0) is 18.6 Å². The van der Waals surface area contributed by atoms with Crippen LogP contribution in [0, 0.1) is 6.92 Å². The third kappa shape index (κ3) is 4.10. The standard InChI is InChI=1S/C11H13NO4/c1-8-4-2-3-5-9(8)12-10(13)6-16-7-11(14)15/h2-5H,6-7H2,1H3,(H,12,13)(H,14,15). The van der Waals surface area contributed by atoms with Gasteiger partial charge < -0.3 is 15.2 Å². The number of carboxylic acids is 1. The molecule has 1 amide bonds. The largest absolute Gasteiger partial charge is 0.480 e. The second-order valence-electron chi connectivity index (χ2n) is 3.25. The van der Waals surface area contributed by atoms with Gasteiger partial charge in [-0.15, -0.1) is 0 Å².